The number of aliphatic hydroxyl groups is 1. The Bertz CT molecular complexity index is 448. The van der Waals surface area contributed by atoms with Gasteiger partial charge in [0.15, 0.2) is 0 Å². The Hall–Kier alpha value is -0.670. The van der Waals surface area contributed by atoms with Crippen molar-refractivity contribution in [1.29, 1.82) is 0 Å². The molecule has 0 unspecified atom stereocenters. The van der Waals surface area contributed by atoms with E-state index in [1.165, 1.54) is 4.57 Å². The molecule has 2 heterocycles. The van der Waals surface area contributed by atoms with E-state index < -0.39 is 5.69 Å². The van der Waals surface area contributed by atoms with Crippen LogP contribution < -0.4 is 11.4 Å². The fourth-order valence-corrected chi connectivity index (χ4v) is 2.04. The number of halogens is 1. The highest BCUT2D eigenvalue weighted by molar-refractivity contribution is 14.1. The summed E-state index contributed by atoms with van der Waals surface area (Å²) < 4.78 is 7.56. The molecule has 3 N–H and O–H groups in total. The minimum Gasteiger partial charge on any atom is -0.388 e. The summed E-state index contributed by atoms with van der Waals surface area (Å²) >= 11 is 2.01. The lowest BCUT2D eigenvalue weighted by Gasteiger charge is -2.14. The van der Waals surface area contributed by atoms with Crippen molar-refractivity contribution >= 4 is 28.4 Å². The van der Waals surface area contributed by atoms with E-state index in [2.05, 4.69) is 4.98 Å². The fraction of sp³-hybridized carbons (Fsp3) is 0.444. The van der Waals surface area contributed by atoms with Crippen LogP contribution in [0.15, 0.2) is 11.0 Å². The molecule has 0 spiro atoms. The molecule has 6 nitrogen and oxygen atoms in total. The SMILES string of the molecule is Nc1nc(=O)n([C@H]2CC[C@@H]([CH]O)O2)cc1I. The second kappa shape index (κ2) is 4.68. The Labute approximate surface area is 106 Å². The number of anilines is 1. The molecule has 1 aromatic rings. The molecule has 1 aromatic heterocycles. The molecule has 1 radical (unpaired) electrons. The van der Waals surface area contributed by atoms with Gasteiger partial charge in [-0.3, -0.25) is 4.57 Å². The van der Waals surface area contributed by atoms with Gasteiger partial charge in [-0.25, -0.2) is 4.79 Å². The number of aliphatic hydroxyl groups excluding tert-OH is 1. The molecule has 16 heavy (non-hydrogen) atoms. The van der Waals surface area contributed by atoms with Crippen molar-refractivity contribution in [2.45, 2.75) is 25.2 Å². The van der Waals surface area contributed by atoms with Crippen LogP contribution in [0.5, 0.6) is 0 Å². The van der Waals surface area contributed by atoms with Crippen molar-refractivity contribution in [3.63, 3.8) is 0 Å². The maximum atomic E-state index is 11.6. The maximum absolute atomic E-state index is 11.6. The van der Waals surface area contributed by atoms with Crippen molar-refractivity contribution in [2.75, 3.05) is 5.73 Å². The molecule has 87 valence electrons. The number of nitrogen functional groups attached to an aromatic ring is 1. The molecule has 0 amide bonds. The zero-order valence-corrected chi connectivity index (χ0v) is 10.5. The smallest absolute Gasteiger partial charge is 0.351 e. The lowest BCUT2D eigenvalue weighted by atomic mass is 10.2. The summed E-state index contributed by atoms with van der Waals surface area (Å²) in [5.41, 5.74) is 5.09. The number of hydrogen-bond donors (Lipinski definition) is 2. The molecule has 1 aliphatic rings. The van der Waals surface area contributed by atoms with Crippen molar-refractivity contribution in [2.24, 2.45) is 0 Å². The van der Waals surface area contributed by atoms with Gasteiger partial charge in [-0.05, 0) is 35.4 Å². The molecular weight excluding hydrogens is 325 g/mol. The number of ether oxygens (including phenoxy) is 1. The molecular formula is C9H11IN3O3. The monoisotopic (exact) mass is 336 g/mol. The Morgan fingerprint density at radius 2 is 2.44 bits per heavy atom. The molecule has 0 aliphatic carbocycles. The van der Waals surface area contributed by atoms with Gasteiger partial charge in [-0.1, -0.05) is 0 Å². The molecule has 1 fully saturated rings. The van der Waals surface area contributed by atoms with Crippen LogP contribution in [0.2, 0.25) is 0 Å². The second-order valence-electron chi connectivity index (χ2n) is 3.52. The average Bonchev–Trinajstić information content (AvgIpc) is 2.71. The standard InChI is InChI=1S/C9H11IN3O3/c10-6-3-13(9(15)12-8(6)11)7-2-1-5(4-14)16-7/h3-5,7,14H,1-2H2,(H2,11,12,15)/t5-,7+/m0/s1. The Morgan fingerprint density at radius 3 is 3.06 bits per heavy atom. The number of aromatic nitrogens is 2. The van der Waals surface area contributed by atoms with Crippen LogP contribution in [0.25, 0.3) is 0 Å². The summed E-state index contributed by atoms with van der Waals surface area (Å²) in [4.78, 5) is 15.3. The van der Waals surface area contributed by atoms with Gasteiger partial charge in [0, 0.05) is 6.20 Å². The van der Waals surface area contributed by atoms with E-state index >= 15 is 0 Å². The van der Waals surface area contributed by atoms with Crippen molar-refractivity contribution in [1.82, 2.24) is 9.55 Å². The first-order valence-corrected chi connectivity index (χ1v) is 5.87. The van der Waals surface area contributed by atoms with E-state index in [4.69, 9.17) is 15.6 Å². The predicted octanol–water partition coefficient (Wildman–Crippen LogP) is 0.642. The first kappa shape index (κ1) is 11.8. The van der Waals surface area contributed by atoms with E-state index in [0.29, 0.717) is 16.4 Å². The van der Waals surface area contributed by atoms with E-state index in [0.717, 1.165) is 6.61 Å². The van der Waals surface area contributed by atoms with Gasteiger partial charge < -0.3 is 15.6 Å². The summed E-state index contributed by atoms with van der Waals surface area (Å²) in [7, 11) is 0. The van der Waals surface area contributed by atoms with E-state index in [-0.39, 0.29) is 18.1 Å². The third-order valence-corrected chi connectivity index (χ3v) is 3.27. The van der Waals surface area contributed by atoms with Gasteiger partial charge in [0.05, 0.1) is 9.67 Å². The second-order valence-corrected chi connectivity index (χ2v) is 4.68. The van der Waals surface area contributed by atoms with Gasteiger partial charge in [-0.2, -0.15) is 4.98 Å². The third kappa shape index (κ3) is 2.20. The quantitative estimate of drug-likeness (QED) is 0.774. The van der Waals surface area contributed by atoms with Crippen molar-refractivity contribution < 1.29 is 9.84 Å². The Kier molecular flexibility index (Phi) is 3.45. The van der Waals surface area contributed by atoms with Gasteiger partial charge in [0.25, 0.3) is 0 Å². The van der Waals surface area contributed by atoms with Crippen molar-refractivity contribution in [3.05, 3.63) is 26.9 Å². The first-order valence-electron chi connectivity index (χ1n) is 4.79. The number of hydrogen-bond acceptors (Lipinski definition) is 5. The largest absolute Gasteiger partial charge is 0.388 e. The van der Waals surface area contributed by atoms with Crippen LogP contribution in [-0.2, 0) is 4.74 Å². The third-order valence-electron chi connectivity index (χ3n) is 2.44. The molecule has 2 rings (SSSR count). The van der Waals surface area contributed by atoms with E-state index in [1.54, 1.807) is 6.20 Å². The molecule has 1 aliphatic heterocycles. The Morgan fingerprint density at radius 1 is 1.69 bits per heavy atom. The van der Waals surface area contributed by atoms with E-state index in [9.17, 15) is 4.79 Å². The van der Waals surface area contributed by atoms with Crippen LogP contribution in [0, 0.1) is 10.2 Å². The molecule has 0 saturated carbocycles. The van der Waals surface area contributed by atoms with Gasteiger partial charge in [0.1, 0.15) is 18.7 Å². The number of nitrogens with two attached hydrogens (primary N) is 1. The summed E-state index contributed by atoms with van der Waals surface area (Å²) in [6, 6.07) is 0. The molecule has 1 saturated heterocycles. The van der Waals surface area contributed by atoms with Crippen molar-refractivity contribution in [3.8, 4) is 0 Å². The molecule has 0 bridgehead atoms. The fourth-order valence-electron chi connectivity index (χ4n) is 1.62. The van der Waals surface area contributed by atoms with Gasteiger partial charge >= 0.3 is 5.69 Å². The van der Waals surface area contributed by atoms with Crippen LogP contribution in [0.3, 0.4) is 0 Å². The molecule has 0 aromatic carbocycles. The lowest BCUT2D eigenvalue weighted by molar-refractivity contribution is -0.00425. The zero-order chi connectivity index (χ0) is 11.7. The van der Waals surface area contributed by atoms with E-state index in [1.807, 2.05) is 22.6 Å². The minimum atomic E-state index is -0.429. The number of nitrogens with zero attached hydrogens (tertiary/aromatic N) is 2. The van der Waals surface area contributed by atoms with Gasteiger partial charge in [-0.15, -0.1) is 0 Å². The highest BCUT2D eigenvalue weighted by Gasteiger charge is 2.27. The summed E-state index contributed by atoms with van der Waals surface area (Å²) in [6.07, 6.45) is 2.29. The highest BCUT2D eigenvalue weighted by atomic mass is 127. The summed E-state index contributed by atoms with van der Waals surface area (Å²) in [5, 5.41) is 8.82. The molecule has 2 atom stereocenters. The topological polar surface area (TPSA) is 90.4 Å². The van der Waals surface area contributed by atoms with Crippen LogP contribution in [-0.4, -0.2) is 20.8 Å². The van der Waals surface area contributed by atoms with Crippen LogP contribution >= 0.6 is 22.6 Å². The first-order chi connectivity index (χ1) is 7.61. The Balaban J connectivity index is 2.28. The predicted molar refractivity (Wildman–Crippen MR) is 65.0 cm³/mol. The van der Waals surface area contributed by atoms with Gasteiger partial charge in [0.2, 0.25) is 0 Å². The number of rotatable bonds is 2. The maximum Gasteiger partial charge on any atom is 0.351 e. The minimum absolute atomic E-state index is 0.227. The lowest BCUT2D eigenvalue weighted by Crippen LogP contribution is -2.28. The average molecular weight is 336 g/mol. The summed E-state index contributed by atoms with van der Waals surface area (Å²) in [6.45, 7) is 1.00. The highest BCUT2D eigenvalue weighted by Crippen LogP contribution is 2.28. The normalized spacial score (nSPS) is 24.9. The van der Waals surface area contributed by atoms with Crippen LogP contribution in [0.1, 0.15) is 19.1 Å². The summed E-state index contributed by atoms with van der Waals surface area (Å²) in [5.74, 6) is 0.227. The van der Waals surface area contributed by atoms with Crippen LogP contribution in [0.4, 0.5) is 5.82 Å². The molecule has 7 heteroatoms. The zero-order valence-electron chi connectivity index (χ0n) is 8.34.